The van der Waals surface area contributed by atoms with Crippen molar-refractivity contribution in [3.63, 3.8) is 0 Å². The summed E-state index contributed by atoms with van der Waals surface area (Å²) in [5, 5.41) is 8.55. The minimum absolute atomic E-state index is 0.284. The van der Waals surface area contributed by atoms with Gasteiger partial charge in [-0.1, -0.05) is 18.2 Å². The second-order valence-electron chi connectivity index (χ2n) is 7.21. The molecule has 2 aromatic carbocycles. The summed E-state index contributed by atoms with van der Waals surface area (Å²) in [5.74, 6) is -0.337. The normalized spacial score (nSPS) is 13.5. The summed E-state index contributed by atoms with van der Waals surface area (Å²) in [6, 6.07) is 16.9. The Balaban J connectivity index is 1.32. The van der Waals surface area contributed by atoms with E-state index in [0.29, 0.717) is 48.2 Å². The molecule has 0 unspecified atom stereocenters. The molecular formula is C24H22N4O5S. The first-order valence-electron chi connectivity index (χ1n) is 10.5. The maximum atomic E-state index is 12.6. The summed E-state index contributed by atoms with van der Waals surface area (Å²) in [7, 11) is 0. The molecule has 1 aromatic heterocycles. The van der Waals surface area contributed by atoms with Crippen molar-refractivity contribution in [2.75, 3.05) is 31.6 Å². The van der Waals surface area contributed by atoms with Crippen molar-refractivity contribution in [1.29, 1.82) is 0 Å². The lowest BCUT2D eigenvalue weighted by Crippen LogP contribution is -2.42. The first-order chi connectivity index (χ1) is 16.6. The molecule has 2 heterocycles. The van der Waals surface area contributed by atoms with Gasteiger partial charge in [-0.05, 0) is 53.4 Å². The van der Waals surface area contributed by atoms with Crippen molar-refractivity contribution in [2.24, 2.45) is 5.10 Å². The monoisotopic (exact) mass is 478 g/mol. The number of hydrazone groups is 1. The molecule has 1 saturated heterocycles. The molecule has 1 aliphatic heterocycles. The Morgan fingerprint density at radius 1 is 0.971 bits per heavy atom. The number of anilines is 1. The van der Waals surface area contributed by atoms with Crippen LogP contribution in [0.25, 0.3) is 0 Å². The first kappa shape index (κ1) is 23.1. The highest BCUT2D eigenvalue weighted by atomic mass is 32.1. The molecule has 9 nitrogen and oxygen atoms in total. The minimum atomic E-state index is -0.464. The summed E-state index contributed by atoms with van der Waals surface area (Å²) in [6.45, 7) is 2.01. The topological polar surface area (TPSA) is 109 Å². The fourth-order valence-corrected chi connectivity index (χ4v) is 3.76. The van der Waals surface area contributed by atoms with E-state index in [9.17, 15) is 14.4 Å². The second-order valence-corrected chi connectivity index (χ2v) is 8.16. The molecule has 0 spiro atoms. The summed E-state index contributed by atoms with van der Waals surface area (Å²) in [6.07, 6.45) is 1.06. The van der Waals surface area contributed by atoms with Crippen LogP contribution in [0.2, 0.25) is 0 Å². The molecule has 0 bridgehead atoms. The summed E-state index contributed by atoms with van der Waals surface area (Å²) < 4.78 is 10.6. The zero-order valence-electron chi connectivity index (χ0n) is 18.1. The van der Waals surface area contributed by atoms with Gasteiger partial charge in [0.2, 0.25) is 0 Å². The van der Waals surface area contributed by atoms with Crippen molar-refractivity contribution in [3.8, 4) is 5.75 Å². The van der Waals surface area contributed by atoms with E-state index in [1.807, 2.05) is 5.38 Å². The molecule has 3 aromatic rings. The molecule has 2 N–H and O–H groups in total. The lowest BCUT2D eigenvalue weighted by atomic mass is 10.1. The number of amides is 3. The van der Waals surface area contributed by atoms with Crippen LogP contribution in [0.15, 0.2) is 71.1 Å². The molecule has 0 radical (unpaired) electrons. The fraction of sp³-hybridized carbons (Fsp3) is 0.167. The average molecular weight is 479 g/mol. The fourth-order valence-electron chi connectivity index (χ4n) is 3.14. The molecule has 1 fully saturated rings. The molecule has 34 heavy (non-hydrogen) atoms. The number of hydrogen-bond donors (Lipinski definition) is 2. The van der Waals surface area contributed by atoms with Crippen LogP contribution < -0.4 is 15.5 Å². The van der Waals surface area contributed by atoms with E-state index in [1.54, 1.807) is 65.6 Å². The number of morpholine rings is 1. The van der Waals surface area contributed by atoms with Crippen LogP contribution >= 0.6 is 11.3 Å². The number of nitrogens with zero attached hydrogens (tertiary/aromatic N) is 2. The predicted molar refractivity (Wildman–Crippen MR) is 129 cm³/mol. The molecule has 0 aliphatic carbocycles. The van der Waals surface area contributed by atoms with E-state index in [-0.39, 0.29) is 11.5 Å². The van der Waals surface area contributed by atoms with Gasteiger partial charge >= 0.3 is 6.09 Å². The Morgan fingerprint density at radius 3 is 2.47 bits per heavy atom. The van der Waals surface area contributed by atoms with Crippen molar-refractivity contribution < 1.29 is 23.9 Å². The van der Waals surface area contributed by atoms with Crippen LogP contribution in [-0.2, 0) is 4.74 Å². The highest BCUT2D eigenvalue weighted by Gasteiger charge is 2.18. The molecule has 0 atom stereocenters. The van der Waals surface area contributed by atoms with Gasteiger partial charge in [0, 0.05) is 13.1 Å². The van der Waals surface area contributed by atoms with Crippen LogP contribution in [0.3, 0.4) is 0 Å². The number of nitrogens with one attached hydrogen (secondary N) is 2. The van der Waals surface area contributed by atoms with Crippen molar-refractivity contribution in [2.45, 2.75) is 0 Å². The lowest BCUT2D eigenvalue weighted by molar-refractivity contribution is 0.0416. The van der Waals surface area contributed by atoms with Gasteiger partial charge in [0.1, 0.15) is 5.75 Å². The first-order valence-corrected chi connectivity index (χ1v) is 11.4. The summed E-state index contributed by atoms with van der Waals surface area (Å²) in [4.78, 5) is 39.2. The second kappa shape index (κ2) is 11.2. The Labute approximate surface area is 200 Å². The quantitative estimate of drug-likeness (QED) is 0.416. The third-order valence-electron chi connectivity index (χ3n) is 4.90. The zero-order chi connectivity index (χ0) is 23.8. The smallest absolute Gasteiger partial charge is 0.410 e. The highest BCUT2D eigenvalue weighted by Crippen LogP contribution is 2.18. The molecular weight excluding hydrogens is 456 g/mol. The number of benzene rings is 2. The van der Waals surface area contributed by atoms with Gasteiger partial charge in [-0.25, -0.2) is 10.2 Å². The average Bonchev–Trinajstić information content (AvgIpc) is 3.41. The number of hydrogen-bond acceptors (Lipinski definition) is 7. The van der Waals surface area contributed by atoms with E-state index in [1.165, 1.54) is 17.6 Å². The number of ether oxygens (including phenoxy) is 2. The Kier molecular flexibility index (Phi) is 7.63. The van der Waals surface area contributed by atoms with E-state index in [2.05, 4.69) is 15.8 Å². The van der Waals surface area contributed by atoms with Crippen LogP contribution in [0.4, 0.5) is 10.5 Å². The molecule has 10 heteroatoms. The van der Waals surface area contributed by atoms with Crippen molar-refractivity contribution >= 4 is 41.1 Å². The minimum Gasteiger partial charge on any atom is -0.410 e. The number of carbonyl (C=O) groups is 3. The highest BCUT2D eigenvalue weighted by molar-refractivity contribution is 7.12. The van der Waals surface area contributed by atoms with Crippen LogP contribution in [0.1, 0.15) is 25.6 Å². The molecule has 0 saturated carbocycles. The van der Waals surface area contributed by atoms with Gasteiger partial charge in [-0.2, -0.15) is 5.10 Å². The number of thiophene rings is 1. The Bertz CT molecular complexity index is 1170. The van der Waals surface area contributed by atoms with Gasteiger partial charge in [0.15, 0.2) is 0 Å². The number of carbonyl (C=O) groups excluding carboxylic acids is 3. The molecule has 4 rings (SSSR count). The predicted octanol–water partition coefficient (Wildman–Crippen LogP) is 3.60. The van der Waals surface area contributed by atoms with Crippen molar-refractivity contribution in [1.82, 2.24) is 10.3 Å². The summed E-state index contributed by atoms with van der Waals surface area (Å²) in [5.41, 5.74) is 3.84. The van der Waals surface area contributed by atoms with E-state index in [4.69, 9.17) is 9.47 Å². The largest absolute Gasteiger partial charge is 0.415 e. The molecule has 174 valence electrons. The standard InChI is InChI=1S/C24H22N4O5S/c29-22(19-4-1-2-5-20(19)26-23(30)21-6-3-15-34-21)27-25-16-17-7-9-18(10-8-17)33-24(31)28-11-13-32-14-12-28/h1-10,15-16H,11-14H2,(H,26,30)(H,27,29). The van der Waals surface area contributed by atoms with Crippen LogP contribution in [-0.4, -0.2) is 55.3 Å². The third kappa shape index (κ3) is 6.06. The zero-order valence-corrected chi connectivity index (χ0v) is 18.9. The van der Waals surface area contributed by atoms with Gasteiger partial charge in [-0.3, -0.25) is 9.59 Å². The summed E-state index contributed by atoms with van der Waals surface area (Å²) >= 11 is 1.32. The lowest BCUT2D eigenvalue weighted by Gasteiger charge is -2.25. The Hall–Kier alpha value is -4.02. The molecule has 3 amide bonds. The van der Waals surface area contributed by atoms with Gasteiger partial charge in [0.25, 0.3) is 11.8 Å². The van der Waals surface area contributed by atoms with Gasteiger partial charge in [0.05, 0.1) is 35.6 Å². The maximum Gasteiger partial charge on any atom is 0.415 e. The van der Waals surface area contributed by atoms with E-state index < -0.39 is 12.0 Å². The van der Waals surface area contributed by atoms with E-state index in [0.717, 1.165) is 0 Å². The van der Waals surface area contributed by atoms with Crippen LogP contribution in [0.5, 0.6) is 5.75 Å². The van der Waals surface area contributed by atoms with Crippen LogP contribution in [0, 0.1) is 0 Å². The van der Waals surface area contributed by atoms with E-state index >= 15 is 0 Å². The maximum absolute atomic E-state index is 12.6. The van der Waals surface area contributed by atoms with Crippen molar-refractivity contribution in [3.05, 3.63) is 82.0 Å². The Morgan fingerprint density at radius 2 is 1.74 bits per heavy atom. The number of para-hydroxylation sites is 1. The third-order valence-corrected chi connectivity index (χ3v) is 5.77. The number of rotatable bonds is 6. The SMILES string of the molecule is O=C(Nc1ccccc1C(=O)NN=Cc1ccc(OC(=O)N2CCOCC2)cc1)c1cccs1. The van der Waals surface area contributed by atoms with Gasteiger partial charge in [-0.15, -0.1) is 11.3 Å². The van der Waals surface area contributed by atoms with Gasteiger partial charge < -0.3 is 19.7 Å². The molecule has 1 aliphatic rings.